The topological polar surface area (TPSA) is 1690 Å². The van der Waals surface area contributed by atoms with Crippen molar-refractivity contribution in [1.29, 1.82) is 0 Å². The Labute approximate surface area is 818 Å². The zero-order valence-electron chi connectivity index (χ0n) is 50.9. The first kappa shape index (κ1) is 237. The molecule has 119 heteroatoms. The van der Waals surface area contributed by atoms with E-state index in [9.17, 15) is 0 Å². The second-order valence-electron chi connectivity index (χ2n) is 8.57. The van der Waals surface area contributed by atoms with Crippen molar-refractivity contribution >= 4 is 461 Å². The first-order valence-electron chi connectivity index (χ1n) is 14.0. The van der Waals surface area contributed by atoms with Crippen LogP contribution in [0.3, 0.4) is 0 Å². The molecule has 0 saturated heterocycles. The van der Waals surface area contributed by atoms with E-state index >= 15 is 0 Å². The van der Waals surface area contributed by atoms with Crippen LogP contribution in [0.15, 0.2) is 0 Å². The number of rotatable bonds is 0. The van der Waals surface area contributed by atoms with E-state index in [2.05, 4.69) is 0 Å². The SMILES string of the molecule is O=S(=O)([O-])[O-].O=S(=O)([O-])[O-].O=S(=O)([O-])[O-].O=S(=O)([O-])[O-].O=S(=O)([O-])[O-].O=S(=O)([O-])[O-].O=S(=O)([O-])[O-].O=S(=O)([O-])[O-].O=S(=O)([O-])[O-].O=S(=O)([O-])[O-].O=S(=O)([O-])[O-].O=S(=O)([O-])[O-].O=S(=O)([O-])[O-].O=S(=O)([O-])[O-].O=S(=O)([O-])[O-].O=S(=O)([O-])[O-].O=S(=O)([O-])[O-].O=S(=O)([O-])[O-].O=S(=O)([O-])[O-].O=S(=O)([O-])[O-].O=S(=O)([O-])[O-].[Al+3].[Al+3].[Al+3].[Al+3].[Al+3].[Al+3].[Al+3].[Al+3].[Al+3].[Al+3].[Al+3].[Al+3].[Al+3].[Al+3]. The van der Waals surface area contributed by atoms with Crippen molar-refractivity contribution in [2.75, 3.05) is 0 Å². The minimum atomic E-state index is -5.17. The molecule has 0 aliphatic heterocycles. The van der Waals surface area contributed by atoms with Gasteiger partial charge in [0.15, 0.2) is 0 Å². The van der Waals surface area contributed by atoms with Gasteiger partial charge in [-0.15, -0.1) is 0 Å². The van der Waals surface area contributed by atoms with E-state index in [4.69, 9.17) is 368 Å². The number of hydrogen-bond donors (Lipinski definition) is 0. The van der Waals surface area contributed by atoms with Gasteiger partial charge in [-0.05, 0) is 0 Å². The molecular formula is Al14O84S21. The van der Waals surface area contributed by atoms with Gasteiger partial charge in [-0.1, -0.05) is 0 Å². The summed E-state index contributed by atoms with van der Waals surface area (Å²) in [6, 6.07) is 0. The fourth-order valence-corrected chi connectivity index (χ4v) is 0. The molecule has 0 rings (SSSR count). The normalized spacial score (nSPS) is 10.2. The molecule has 0 aliphatic carbocycles. The van der Waals surface area contributed by atoms with Crippen LogP contribution in [0.1, 0.15) is 0 Å². The molecule has 0 bridgehead atoms. The van der Waals surface area contributed by atoms with E-state index in [1.807, 2.05) is 0 Å². The van der Waals surface area contributed by atoms with E-state index in [0.29, 0.717) is 0 Å². The Kier molecular flexibility index (Phi) is 212. The largest absolute Gasteiger partial charge is 3.00 e. The smallest absolute Gasteiger partial charge is 0.759 e. The zero-order chi connectivity index (χ0) is 94.5. The molecule has 0 spiro atoms. The molecule has 0 atom stereocenters. The Morgan fingerprint density at radius 3 is 0.0588 bits per heavy atom. The van der Waals surface area contributed by atoms with Gasteiger partial charge in [-0.2, -0.15) is 0 Å². The van der Waals surface area contributed by atoms with E-state index in [0.717, 1.165) is 0 Å². The van der Waals surface area contributed by atoms with Crippen LogP contribution in [0, 0.1) is 0 Å². The van der Waals surface area contributed by atoms with Crippen LogP contribution in [0.4, 0.5) is 0 Å². The predicted octanol–water partition coefficient (Wildman–Crippen LogP) is -33.4. The van der Waals surface area contributed by atoms with Crippen LogP contribution in [-0.4, -0.2) is 611 Å². The molecule has 0 aromatic carbocycles. The summed E-state index contributed by atoms with van der Waals surface area (Å²) in [7, 11) is -109. The minimum absolute atomic E-state index is 0. The van der Waals surface area contributed by atoms with Crippen molar-refractivity contribution in [3.8, 4) is 0 Å². The fourth-order valence-electron chi connectivity index (χ4n) is 0. The van der Waals surface area contributed by atoms with Gasteiger partial charge in [-0.25, -0.2) is 0 Å². The summed E-state index contributed by atoms with van der Waals surface area (Å²) in [4.78, 5) is 0. The Morgan fingerprint density at radius 1 is 0.0588 bits per heavy atom. The van der Waals surface area contributed by atoms with Gasteiger partial charge in [0.05, 0.1) is 0 Å². The van der Waals surface area contributed by atoms with Crippen molar-refractivity contribution in [2.24, 2.45) is 0 Å². The molecule has 0 aromatic rings. The van der Waals surface area contributed by atoms with Gasteiger partial charge in [0.25, 0.3) is 0 Å². The first-order chi connectivity index (χ1) is 42.0. The Balaban J connectivity index is -0.0000000188. The second-order valence-corrected chi connectivity index (χ2v) is 25.7. The van der Waals surface area contributed by atoms with Crippen LogP contribution < -0.4 is 0 Å². The molecule has 0 N–H and O–H groups in total. The van der Waals surface area contributed by atoms with Gasteiger partial charge in [0.2, 0.25) is 0 Å². The van der Waals surface area contributed by atoms with Crippen molar-refractivity contribution in [3.05, 3.63) is 0 Å². The van der Waals surface area contributed by atoms with Crippen LogP contribution in [0.5, 0.6) is 0 Å². The van der Waals surface area contributed by atoms with E-state index in [1.54, 1.807) is 0 Å². The van der Waals surface area contributed by atoms with Crippen LogP contribution >= 0.6 is 0 Å². The van der Waals surface area contributed by atoms with Gasteiger partial charge < -0.3 is 191 Å². The summed E-state index contributed by atoms with van der Waals surface area (Å²) < 4.78 is 716. The van der Waals surface area contributed by atoms with Crippen LogP contribution in [-0.2, 0) is 218 Å². The standard InChI is InChI=1S/14Al.21H2O4S/c;;;;;;;;;;;;;;21*1-5(2,3)4/h;;;;;;;;;;;;;;21*(H2,1,2,3,4)/q14*+3;;;;;;;;;;;;;;;;;;;;;/p-42. The molecule has 0 fully saturated rings. The first-order valence-corrected chi connectivity index (χ1v) is 42.0. The summed E-state index contributed by atoms with van der Waals surface area (Å²) in [6.07, 6.45) is 0. The quantitative estimate of drug-likeness (QED) is 0.123. The summed E-state index contributed by atoms with van der Waals surface area (Å²) in [5, 5.41) is 0. The predicted molar refractivity (Wildman–Crippen MR) is 301 cm³/mol. The van der Waals surface area contributed by atoms with Crippen LogP contribution in [0.2, 0.25) is 0 Å². The second kappa shape index (κ2) is 106. The molecule has 0 heterocycles. The third-order valence-corrected chi connectivity index (χ3v) is 0. The Morgan fingerprint density at radius 2 is 0.0588 bits per heavy atom. The Hall–Kier alpha value is 4.72. The van der Waals surface area contributed by atoms with E-state index in [-0.39, 0.29) is 243 Å². The van der Waals surface area contributed by atoms with Crippen molar-refractivity contribution in [3.63, 3.8) is 0 Å². The summed E-state index contributed by atoms with van der Waals surface area (Å²) in [5.41, 5.74) is 0. The summed E-state index contributed by atoms with van der Waals surface area (Å²) in [6.45, 7) is 0. The molecule has 0 amide bonds. The van der Waals surface area contributed by atoms with Crippen molar-refractivity contribution in [1.82, 2.24) is 0 Å². The number of hydrogen-bond acceptors (Lipinski definition) is 84. The van der Waals surface area contributed by atoms with Gasteiger partial charge in [0.1, 0.15) is 0 Å². The molecule has 84 nitrogen and oxygen atoms in total. The fraction of sp³-hybridized carbons (Fsp3) is 0. The summed E-state index contributed by atoms with van der Waals surface area (Å²) in [5.74, 6) is 0. The minimum Gasteiger partial charge on any atom is -0.759 e. The molecule has 0 aliphatic rings. The maximum Gasteiger partial charge on any atom is 3.00 e. The monoisotopic (exact) mass is 2390 g/mol. The van der Waals surface area contributed by atoms with Gasteiger partial charge in [-0.3, -0.25) is 177 Å². The third kappa shape index (κ3) is 80100. The molecule has 119 heavy (non-hydrogen) atoms. The molecule has 0 unspecified atom stereocenters. The van der Waals surface area contributed by atoms with Crippen molar-refractivity contribution < 1.29 is 368 Å². The molecule has 0 saturated carbocycles. The average Bonchev–Trinajstić information content (AvgIpc) is 2.90. The van der Waals surface area contributed by atoms with E-state index in [1.165, 1.54) is 0 Å². The van der Waals surface area contributed by atoms with Gasteiger partial charge in [0, 0.05) is 218 Å². The Bertz CT molecular complexity index is 3270. The maximum atomic E-state index is 8.52. The average molecular weight is 2400 g/mol. The molecule has 672 valence electrons. The molecular weight excluding hydrogens is 2400 g/mol. The molecule has 0 aromatic heterocycles. The van der Waals surface area contributed by atoms with Crippen LogP contribution in [0.25, 0.3) is 0 Å². The maximum absolute atomic E-state index is 8.52. The molecule has 0 radical (unpaired) electrons. The van der Waals surface area contributed by atoms with Gasteiger partial charge >= 0.3 is 243 Å². The van der Waals surface area contributed by atoms with Crippen molar-refractivity contribution in [2.45, 2.75) is 0 Å². The van der Waals surface area contributed by atoms with E-state index < -0.39 is 218 Å². The summed E-state index contributed by atoms with van der Waals surface area (Å²) >= 11 is 0. The zero-order valence-corrected chi connectivity index (χ0v) is 84.3. The third-order valence-electron chi connectivity index (χ3n) is 0.